The van der Waals surface area contributed by atoms with Gasteiger partial charge in [-0.3, -0.25) is 0 Å². The topological polar surface area (TPSA) is 9.23 Å². The molecule has 0 spiro atoms. The van der Waals surface area contributed by atoms with Crippen LogP contribution >= 0.6 is 0 Å². The van der Waals surface area contributed by atoms with E-state index < -0.39 is 0 Å². The van der Waals surface area contributed by atoms with Crippen molar-refractivity contribution in [2.45, 2.75) is 6.92 Å². The monoisotopic (exact) mass is 188 g/mol. The molecular formula is C13H16O. The van der Waals surface area contributed by atoms with Crippen LogP contribution in [-0.2, 0) is 4.74 Å². The Bertz CT molecular complexity index is 313. The Balaban J connectivity index is 2.39. The fraction of sp³-hybridized carbons (Fsp3) is 0.231. The molecule has 0 atom stereocenters. The van der Waals surface area contributed by atoms with E-state index in [0.717, 1.165) is 0 Å². The van der Waals surface area contributed by atoms with Crippen molar-refractivity contribution in [2.75, 3.05) is 13.2 Å². The van der Waals surface area contributed by atoms with Crippen LogP contribution in [0.15, 0.2) is 43.0 Å². The van der Waals surface area contributed by atoms with E-state index in [1.165, 1.54) is 11.1 Å². The Morgan fingerprint density at radius 2 is 2.21 bits per heavy atom. The summed E-state index contributed by atoms with van der Waals surface area (Å²) in [5.41, 5.74) is 2.49. The molecule has 0 aromatic heterocycles. The van der Waals surface area contributed by atoms with Crippen LogP contribution in [0.25, 0.3) is 6.08 Å². The van der Waals surface area contributed by atoms with Crippen molar-refractivity contribution < 1.29 is 4.74 Å². The van der Waals surface area contributed by atoms with E-state index in [9.17, 15) is 0 Å². The van der Waals surface area contributed by atoms with Crippen LogP contribution in [0.3, 0.4) is 0 Å². The Morgan fingerprint density at radius 1 is 1.36 bits per heavy atom. The molecule has 0 amide bonds. The van der Waals surface area contributed by atoms with Gasteiger partial charge in [0.25, 0.3) is 0 Å². The summed E-state index contributed by atoms with van der Waals surface area (Å²) in [6.45, 7) is 6.92. The maximum atomic E-state index is 5.23. The van der Waals surface area contributed by atoms with Crippen molar-refractivity contribution in [3.05, 3.63) is 54.1 Å². The van der Waals surface area contributed by atoms with Gasteiger partial charge in [0.15, 0.2) is 0 Å². The van der Waals surface area contributed by atoms with Crippen LogP contribution in [0, 0.1) is 6.92 Å². The molecule has 0 heterocycles. The zero-order valence-corrected chi connectivity index (χ0v) is 8.57. The standard InChI is InChI=1S/C13H16O/c1-3-9-14-10-5-8-13-7-4-6-12(2)11-13/h3-8,11H,1,9-10H2,2H3/b8-5+. The SMILES string of the molecule is C=CCOC/C=C/c1cccc(C)c1. The third kappa shape index (κ3) is 4.06. The second-order valence-electron chi connectivity index (χ2n) is 3.14. The molecule has 74 valence electrons. The lowest BCUT2D eigenvalue weighted by Gasteiger charge is -1.96. The van der Waals surface area contributed by atoms with Crippen LogP contribution in [0.4, 0.5) is 0 Å². The molecule has 0 aliphatic rings. The largest absolute Gasteiger partial charge is 0.373 e. The molecule has 1 nitrogen and oxygen atoms in total. The highest BCUT2D eigenvalue weighted by Crippen LogP contribution is 2.05. The first kappa shape index (κ1) is 10.7. The maximum Gasteiger partial charge on any atom is 0.0654 e. The second kappa shape index (κ2) is 6.17. The van der Waals surface area contributed by atoms with Gasteiger partial charge in [-0.15, -0.1) is 6.58 Å². The molecule has 0 bridgehead atoms. The van der Waals surface area contributed by atoms with E-state index in [-0.39, 0.29) is 0 Å². The Kier molecular flexibility index (Phi) is 4.73. The van der Waals surface area contributed by atoms with E-state index in [2.05, 4.69) is 43.8 Å². The van der Waals surface area contributed by atoms with Crippen molar-refractivity contribution in [3.63, 3.8) is 0 Å². The summed E-state index contributed by atoms with van der Waals surface area (Å²) in [5.74, 6) is 0. The van der Waals surface area contributed by atoms with Gasteiger partial charge >= 0.3 is 0 Å². The van der Waals surface area contributed by atoms with Crippen LogP contribution in [0.5, 0.6) is 0 Å². The fourth-order valence-corrected chi connectivity index (χ4v) is 1.18. The first-order valence-corrected chi connectivity index (χ1v) is 4.75. The van der Waals surface area contributed by atoms with Crippen LogP contribution in [0.2, 0.25) is 0 Å². The number of aryl methyl sites for hydroxylation is 1. The number of hydrogen-bond acceptors (Lipinski definition) is 1. The van der Waals surface area contributed by atoms with Gasteiger partial charge in [-0.05, 0) is 12.5 Å². The maximum absolute atomic E-state index is 5.23. The highest BCUT2D eigenvalue weighted by Gasteiger charge is 1.86. The molecule has 0 saturated heterocycles. The van der Waals surface area contributed by atoms with Gasteiger partial charge in [-0.1, -0.05) is 48.1 Å². The quantitative estimate of drug-likeness (QED) is 0.509. The van der Waals surface area contributed by atoms with Crippen LogP contribution < -0.4 is 0 Å². The zero-order chi connectivity index (χ0) is 10.2. The number of hydrogen-bond donors (Lipinski definition) is 0. The van der Waals surface area contributed by atoms with Gasteiger partial charge in [0.05, 0.1) is 13.2 Å². The average Bonchev–Trinajstić information content (AvgIpc) is 2.18. The summed E-state index contributed by atoms with van der Waals surface area (Å²) in [4.78, 5) is 0. The minimum Gasteiger partial charge on any atom is -0.373 e. The van der Waals surface area contributed by atoms with E-state index >= 15 is 0 Å². The smallest absolute Gasteiger partial charge is 0.0654 e. The van der Waals surface area contributed by atoms with Crippen molar-refractivity contribution in [1.82, 2.24) is 0 Å². The van der Waals surface area contributed by atoms with Gasteiger partial charge in [-0.25, -0.2) is 0 Å². The Morgan fingerprint density at radius 3 is 2.93 bits per heavy atom. The highest BCUT2D eigenvalue weighted by atomic mass is 16.5. The molecule has 0 N–H and O–H groups in total. The lowest BCUT2D eigenvalue weighted by molar-refractivity contribution is 0.194. The summed E-state index contributed by atoms with van der Waals surface area (Å²) >= 11 is 0. The molecule has 14 heavy (non-hydrogen) atoms. The second-order valence-corrected chi connectivity index (χ2v) is 3.14. The molecule has 1 aromatic rings. The van der Waals surface area contributed by atoms with Crippen molar-refractivity contribution in [1.29, 1.82) is 0 Å². The van der Waals surface area contributed by atoms with Gasteiger partial charge < -0.3 is 4.74 Å². The Labute approximate surface area is 85.7 Å². The third-order valence-corrected chi connectivity index (χ3v) is 1.80. The summed E-state index contributed by atoms with van der Waals surface area (Å²) in [6.07, 6.45) is 5.83. The van der Waals surface area contributed by atoms with Gasteiger partial charge in [-0.2, -0.15) is 0 Å². The molecule has 0 aliphatic heterocycles. The molecule has 0 aliphatic carbocycles. The molecule has 1 rings (SSSR count). The van der Waals surface area contributed by atoms with Crippen molar-refractivity contribution in [2.24, 2.45) is 0 Å². The van der Waals surface area contributed by atoms with E-state index in [1.54, 1.807) is 6.08 Å². The molecule has 0 saturated carbocycles. The molecule has 0 fully saturated rings. The van der Waals surface area contributed by atoms with Crippen molar-refractivity contribution >= 4 is 6.08 Å². The predicted octanol–water partition coefficient (Wildman–Crippen LogP) is 3.21. The predicted molar refractivity (Wildman–Crippen MR) is 61.2 cm³/mol. The molecular weight excluding hydrogens is 172 g/mol. The number of benzene rings is 1. The van der Waals surface area contributed by atoms with E-state index in [0.29, 0.717) is 13.2 Å². The van der Waals surface area contributed by atoms with Crippen LogP contribution in [0.1, 0.15) is 11.1 Å². The third-order valence-electron chi connectivity index (χ3n) is 1.80. The van der Waals surface area contributed by atoms with Crippen molar-refractivity contribution in [3.8, 4) is 0 Å². The Hall–Kier alpha value is -1.34. The fourth-order valence-electron chi connectivity index (χ4n) is 1.18. The highest BCUT2D eigenvalue weighted by molar-refractivity contribution is 5.50. The van der Waals surface area contributed by atoms with Gasteiger partial charge in [0, 0.05) is 0 Å². The zero-order valence-electron chi connectivity index (χ0n) is 8.57. The summed E-state index contributed by atoms with van der Waals surface area (Å²) in [6, 6.07) is 8.37. The molecule has 1 heteroatoms. The first-order valence-electron chi connectivity index (χ1n) is 4.75. The number of ether oxygens (including phenoxy) is 1. The number of rotatable bonds is 5. The average molecular weight is 188 g/mol. The summed E-state index contributed by atoms with van der Waals surface area (Å²) < 4.78 is 5.23. The molecule has 1 aromatic carbocycles. The van der Waals surface area contributed by atoms with E-state index in [1.807, 2.05) is 6.08 Å². The van der Waals surface area contributed by atoms with Crippen LogP contribution in [-0.4, -0.2) is 13.2 Å². The van der Waals surface area contributed by atoms with Gasteiger partial charge in [0.2, 0.25) is 0 Å². The normalized spacial score (nSPS) is 10.6. The summed E-state index contributed by atoms with van der Waals surface area (Å²) in [7, 11) is 0. The lowest BCUT2D eigenvalue weighted by atomic mass is 10.1. The minimum atomic E-state index is 0.609. The molecule has 0 radical (unpaired) electrons. The van der Waals surface area contributed by atoms with E-state index in [4.69, 9.17) is 4.74 Å². The minimum absolute atomic E-state index is 0.609. The first-order chi connectivity index (χ1) is 6.83. The van der Waals surface area contributed by atoms with Gasteiger partial charge in [0.1, 0.15) is 0 Å². The molecule has 0 unspecified atom stereocenters. The summed E-state index contributed by atoms with van der Waals surface area (Å²) in [5, 5.41) is 0. The lowest BCUT2D eigenvalue weighted by Crippen LogP contribution is -1.89.